The summed E-state index contributed by atoms with van der Waals surface area (Å²) >= 11 is 0. The third-order valence-corrected chi connectivity index (χ3v) is 2.24. The summed E-state index contributed by atoms with van der Waals surface area (Å²) in [5.41, 5.74) is 0.502. The summed E-state index contributed by atoms with van der Waals surface area (Å²) in [6.07, 6.45) is 3.32. The lowest BCUT2D eigenvalue weighted by Crippen LogP contribution is -2.10. The molecular weight excluding hydrogens is 220 g/mol. The fourth-order valence-electron chi connectivity index (χ4n) is 1.35. The number of aliphatic hydroxyl groups is 1. The van der Waals surface area contributed by atoms with Crippen molar-refractivity contribution in [1.82, 2.24) is 0 Å². The van der Waals surface area contributed by atoms with Crippen molar-refractivity contribution in [3.63, 3.8) is 0 Å². The highest BCUT2D eigenvalue weighted by atomic mass is 16.6. The van der Waals surface area contributed by atoms with Crippen LogP contribution in [0.15, 0.2) is 54.2 Å². The third kappa shape index (κ3) is 3.11. The molecular formula is C13H12O4. The number of benzene rings is 1. The van der Waals surface area contributed by atoms with Crippen molar-refractivity contribution in [2.75, 3.05) is 6.61 Å². The van der Waals surface area contributed by atoms with Gasteiger partial charge in [-0.05, 0) is 18.2 Å². The van der Waals surface area contributed by atoms with Crippen LogP contribution in [-0.2, 0) is 9.47 Å². The van der Waals surface area contributed by atoms with E-state index in [0.717, 1.165) is 0 Å². The number of rotatable bonds is 3. The lowest BCUT2D eigenvalue weighted by Gasteiger charge is -2.11. The first kappa shape index (κ1) is 11.3. The molecule has 0 radical (unpaired) electrons. The maximum absolute atomic E-state index is 11.6. The molecule has 1 aromatic rings. The molecule has 1 aromatic carbocycles. The van der Waals surface area contributed by atoms with Crippen LogP contribution in [0.25, 0.3) is 0 Å². The predicted octanol–water partition coefficient (Wildman–Crippen LogP) is 2.55. The number of allylic oxidation sites excluding steroid dienone is 1. The van der Waals surface area contributed by atoms with E-state index in [1.54, 1.807) is 30.3 Å². The SMILES string of the molecule is O=C(OCC1=CCC(O)=CO1)c1ccccc1. The van der Waals surface area contributed by atoms with E-state index in [1.165, 1.54) is 6.26 Å². The van der Waals surface area contributed by atoms with Gasteiger partial charge in [-0.25, -0.2) is 4.79 Å². The molecule has 0 aliphatic carbocycles. The van der Waals surface area contributed by atoms with Gasteiger partial charge in [0.25, 0.3) is 0 Å². The van der Waals surface area contributed by atoms with Gasteiger partial charge in [0.1, 0.15) is 24.4 Å². The molecule has 0 aromatic heterocycles. The van der Waals surface area contributed by atoms with E-state index in [-0.39, 0.29) is 12.4 Å². The molecule has 4 nitrogen and oxygen atoms in total. The molecule has 1 heterocycles. The van der Waals surface area contributed by atoms with Gasteiger partial charge < -0.3 is 14.6 Å². The van der Waals surface area contributed by atoms with Gasteiger partial charge in [-0.2, -0.15) is 0 Å². The predicted molar refractivity (Wildman–Crippen MR) is 61.2 cm³/mol. The second-order valence-corrected chi connectivity index (χ2v) is 3.54. The first-order valence-corrected chi connectivity index (χ1v) is 5.21. The largest absolute Gasteiger partial charge is 0.509 e. The monoisotopic (exact) mass is 232 g/mol. The molecule has 0 saturated heterocycles. The van der Waals surface area contributed by atoms with Crippen molar-refractivity contribution in [1.29, 1.82) is 0 Å². The number of carbonyl (C=O) groups is 1. The lowest BCUT2D eigenvalue weighted by atomic mass is 10.2. The minimum absolute atomic E-state index is 0.0670. The first-order chi connectivity index (χ1) is 8.25. The molecule has 0 spiro atoms. The van der Waals surface area contributed by atoms with E-state index in [2.05, 4.69) is 0 Å². The van der Waals surface area contributed by atoms with Crippen LogP contribution in [0, 0.1) is 0 Å². The summed E-state index contributed by atoms with van der Waals surface area (Å²) in [6, 6.07) is 8.74. The van der Waals surface area contributed by atoms with Gasteiger partial charge in [0.2, 0.25) is 0 Å². The highest BCUT2D eigenvalue weighted by molar-refractivity contribution is 5.89. The molecule has 4 heteroatoms. The topological polar surface area (TPSA) is 55.8 Å². The van der Waals surface area contributed by atoms with E-state index < -0.39 is 5.97 Å². The number of hydrogen-bond acceptors (Lipinski definition) is 4. The van der Waals surface area contributed by atoms with Crippen molar-refractivity contribution < 1.29 is 19.4 Å². The van der Waals surface area contributed by atoms with Gasteiger partial charge in [-0.1, -0.05) is 18.2 Å². The molecule has 2 rings (SSSR count). The molecule has 1 N–H and O–H groups in total. The summed E-state index contributed by atoms with van der Waals surface area (Å²) in [5.74, 6) is 0.282. The van der Waals surface area contributed by atoms with Crippen molar-refractivity contribution in [2.45, 2.75) is 6.42 Å². The summed E-state index contributed by atoms with van der Waals surface area (Å²) in [7, 11) is 0. The van der Waals surface area contributed by atoms with E-state index in [9.17, 15) is 4.79 Å². The van der Waals surface area contributed by atoms with Crippen LogP contribution in [-0.4, -0.2) is 17.7 Å². The van der Waals surface area contributed by atoms with E-state index in [4.69, 9.17) is 14.6 Å². The smallest absolute Gasteiger partial charge is 0.338 e. The van der Waals surface area contributed by atoms with Crippen LogP contribution in [0.2, 0.25) is 0 Å². The summed E-state index contributed by atoms with van der Waals surface area (Å²) in [5, 5.41) is 9.07. The number of aliphatic hydroxyl groups excluding tert-OH is 1. The quantitative estimate of drug-likeness (QED) is 0.813. The highest BCUT2D eigenvalue weighted by Gasteiger charge is 2.10. The van der Waals surface area contributed by atoms with Crippen LogP contribution in [0.5, 0.6) is 0 Å². The second-order valence-electron chi connectivity index (χ2n) is 3.54. The Balaban J connectivity index is 1.85. The Kier molecular flexibility index (Phi) is 3.45. The summed E-state index contributed by atoms with van der Waals surface area (Å²) in [4.78, 5) is 11.6. The Labute approximate surface area is 98.8 Å². The second kappa shape index (κ2) is 5.21. The van der Waals surface area contributed by atoms with E-state index in [0.29, 0.717) is 17.7 Å². The van der Waals surface area contributed by atoms with Gasteiger partial charge in [0.05, 0.1) is 5.56 Å². The fraction of sp³-hybridized carbons (Fsp3) is 0.154. The van der Waals surface area contributed by atoms with Crippen LogP contribution >= 0.6 is 0 Å². The van der Waals surface area contributed by atoms with Crippen molar-refractivity contribution >= 4 is 5.97 Å². The van der Waals surface area contributed by atoms with Crippen LogP contribution < -0.4 is 0 Å². The number of carbonyl (C=O) groups excluding carboxylic acids is 1. The van der Waals surface area contributed by atoms with Gasteiger partial charge in [0.15, 0.2) is 0 Å². The molecule has 0 fully saturated rings. The molecule has 1 aliphatic heterocycles. The van der Waals surface area contributed by atoms with E-state index in [1.807, 2.05) is 6.07 Å². The first-order valence-electron chi connectivity index (χ1n) is 5.21. The minimum Gasteiger partial charge on any atom is -0.509 e. The zero-order valence-electron chi connectivity index (χ0n) is 9.13. The van der Waals surface area contributed by atoms with Crippen molar-refractivity contribution in [3.05, 3.63) is 59.8 Å². The molecule has 0 saturated carbocycles. The molecule has 0 amide bonds. The zero-order valence-corrected chi connectivity index (χ0v) is 9.13. The maximum atomic E-state index is 11.6. The molecule has 17 heavy (non-hydrogen) atoms. The Morgan fingerprint density at radius 3 is 2.76 bits per heavy atom. The number of esters is 1. The average Bonchev–Trinajstić information content (AvgIpc) is 2.39. The third-order valence-electron chi connectivity index (χ3n) is 2.24. The average molecular weight is 232 g/mol. The van der Waals surface area contributed by atoms with Crippen molar-refractivity contribution in [2.24, 2.45) is 0 Å². The van der Waals surface area contributed by atoms with Gasteiger partial charge in [0, 0.05) is 6.42 Å². The Morgan fingerprint density at radius 2 is 2.12 bits per heavy atom. The maximum Gasteiger partial charge on any atom is 0.338 e. The Morgan fingerprint density at radius 1 is 1.35 bits per heavy atom. The van der Waals surface area contributed by atoms with Gasteiger partial charge >= 0.3 is 5.97 Å². The standard InChI is InChI=1S/C13H12O4/c14-11-6-7-12(16-8-11)9-17-13(15)10-4-2-1-3-5-10/h1-5,7-8,14H,6,9H2. The fourth-order valence-corrected chi connectivity index (χ4v) is 1.35. The van der Waals surface area contributed by atoms with E-state index >= 15 is 0 Å². The Bertz CT molecular complexity index is 460. The molecule has 1 aliphatic rings. The normalized spacial score (nSPS) is 14.4. The summed E-state index contributed by atoms with van der Waals surface area (Å²) < 4.78 is 10.1. The zero-order chi connectivity index (χ0) is 12.1. The lowest BCUT2D eigenvalue weighted by molar-refractivity contribution is 0.0491. The molecule has 0 unspecified atom stereocenters. The number of ether oxygens (including phenoxy) is 2. The van der Waals surface area contributed by atoms with Crippen molar-refractivity contribution in [3.8, 4) is 0 Å². The molecule has 0 bridgehead atoms. The highest BCUT2D eigenvalue weighted by Crippen LogP contribution is 2.13. The van der Waals surface area contributed by atoms with Crippen LogP contribution in [0.4, 0.5) is 0 Å². The van der Waals surface area contributed by atoms with Crippen LogP contribution in [0.3, 0.4) is 0 Å². The molecule has 88 valence electrons. The Hall–Kier alpha value is -2.23. The molecule has 0 atom stereocenters. The van der Waals surface area contributed by atoms with Crippen LogP contribution in [0.1, 0.15) is 16.8 Å². The summed E-state index contributed by atoms with van der Waals surface area (Å²) in [6.45, 7) is 0.0670. The van der Waals surface area contributed by atoms with Gasteiger partial charge in [-0.3, -0.25) is 0 Å². The van der Waals surface area contributed by atoms with Gasteiger partial charge in [-0.15, -0.1) is 0 Å². The minimum atomic E-state index is -0.395. The number of hydrogen-bond donors (Lipinski definition) is 1.